The van der Waals surface area contributed by atoms with Gasteiger partial charge in [0, 0.05) is 12.1 Å². The third-order valence-corrected chi connectivity index (χ3v) is 5.44. The van der Waals surface area contributed by atoms with Crippen LogP contribution in [0.5, 0.6) is 17.2 Å². The van der Waals surface area contributed by atoms with Gasteiger partial charge in [-0.05, 0) is 43.3 Å². The number of thioether (sulfide) groups is 1. The van der Waals surface area contributed by atoms with Gasteiger partial charge in [-0.2, -0.15) is 0 Å². The Morgan fingerprint density at radius 2 is 1.71 bits per heavy atom. The van der Waals surface area contributed by atoms with Gasteiger partial charge in [0.05, 0.1) is 12.0 Å². The Hall–Kier alpha value is -2.51. The maximum absolute atomic E-state index is 12.4. The molecule has 0 unspecified atom stereocenters. The van der Waals surface area contributed by atoms with Gasteiger partial charge in [-0.1, -0.05) is 42.2 Å². The number of amides is 1. The predicted octanol–water partition coefficient (Wildman–Crippen LogP) is 4.37. The zero-order valence-electron chi connectivity index (χ0n) is 15.7. The molecule has 1 heterocycles. The van der Waals surface area contributed by atoms with Gasteiger partial charge < -0.3 is 14.2 Å². The number of hydrogen-bond donors (Lipinski definition) is 0. The summed E-state index contributed by atoms with van der Waals surface area (Å²) >= 11 is 6.58. The summed E-state index contributed by atoms with van der Waals surface area (Å²) in [5.74, 6) is 2.17. The van der Waals surface area contributed by atoms with Crippen LogP contribution in [0.3, 0.4) is 0 Å². The number of methoxy groups -OCH3 is 1. The Morgan fingerprint density at radius 3 is 2.39 bits per heavy atom. The van der Waals surface area contributed by atoms with Crippen molar-refractivity contribution in [3.63, 3.8) is 0 Å². The van der Waals surface area contributed by atoms with E-state index in [-0.39, 0.29) is 5.91 Å². The zero-order chi connectivity index (χ0) is 19.9. The number of ether oxygens (including phenoxy) is 3. The average molecular weight is 416 g/mol. The monoisotopic (exact) mass is 415 g/mol. The van der Waals surface area contributed by atoms with E-state index in [4.69, 9.17) is 26.4 Å². The van der Waals surface area contributed by atoms with Gasteiger partial charge in [0.25, 0.3) is 5.91 Å². The minimum Gasteiger partial charge on any atom is -0.497 e. The molecule has 1 saturated heterocycles. The van der Waals surface area contributed by atoms with E-state index in [1.807, 2.05) is 61.5 Å². The van der Waals surface area contributed by atoms with Gasteiger partial charge in [-0.25, -0.2) is 0 Å². The summed E-state index contributed by atoms with van der Waals surface area (Å²) in [6, 6.07) is 15.0. The number of hydrogen-bond acceptors (Lipinski definition) is 6. The first-order chi connectivity index (χ1) is 13.6. The van der Waals surface area contributed by atoms with E-state index in [0.29, 0.717) is 34.7 Å². The molecule has 0 saturated carbocycles. The number of carbonyl (C=O) groups is 1. The van der Waals surface area contributed by atoms with Crippen LogP contribution in [0.4, 0.5) is 0 Å². The Kier molecular flexibility index (Phi) is 6.95. The van der Waals surface area contributed by atoms with E-state index < -0.39 is 0 Å². The van der Waals surface area contributed by atoms with Gasteiger partial charge >= 0.3 is 0 Å². The van der Waals surface area contributed by atoms with Gasteiger partial charge in [0.2, 0.25) is 0 Å². The van der Waals surface area contributed by atoms with E-state index in [2.05, 4.69) is 0 Å². The lowest BCUT2D eigenvalue weighted by Crippen LogP contribution is -2.27. The van der Waals surface area contributed by atoms with Crippen LogP contribution in [-0.2, 0) is 4.79 Å². The highest BCUT2D eigenvalue weighted by molar-refractivity contribution is 8.26. The van der Waals surface area contributed by atoms with Crippen molar-refractivity contribution in [1.29, 1.82) is 0 Å². The second-order valence-electron chi connectivity index (χ2n) is 5.84. The van der Waals surface area contributed by atoms with Crippen LogP contribution < -0.4 is 14.2 Å². The van der Waals surface area contributed by atoms with Crippen LogP contribution in [0, 0.1) is 0 Å². The molecule has 0 bridgehead atoms. The largest absolute Gasteiger partial charge is 0.497 e. The molecule has 1 aliphatic heterocycles. The van der Waals surface area contributed by atoms with E-state index in [9.17, 15) is 4.79 Å². The van der Waals surface area contributed by atoms with Gasteiger partial charge in [-0.3, -0.25) is 9.69 Å². The lowest BCUT2D eigenvalue weighted by Gasteiger charge is -2.11. The minimum absolute atomic E-state index is 0.0601. The molecule has 146 valence electrons. The summed E-state index contributed by atoms with van der Waals surface area (Å²) in [7, 11) is 1.63. The highest BCUT2D eigenvalue weighted by Gasteiger charge is 2.30. The number of rotatable bonds is 8. The minimum atomic E-state index is -0.0601. The van der Waals surface area contributed by atoms with E-state index in [1.54, 1.807) is 12.0 Å². The van der Waals surface area contributed by atoms with Crippen molar-refractivity contribution in [3.05, 3.63) is 59.0 Å². The number of benzene rings is 2. The second-order valence-corrected chi connectivity index (χ2v) is 7.51. The maximum atomic E-state index is 12.4. The molecule has 1 amide bonds. The smallest absolute Gasteiger partial charge is 0.266 e. The molecule has 1 fully saturated rings. The fraction of sp³-hybridized carbons (Fsp3) is 0.238. The van der Waals surface area contributed by atoms with Crippen LogP contribution in [-0.4, -0.2) is 42.0 Å². The summed E-state index contributed by atoms with van der Waals surface area (Å²) in [5.41, 5.74) is 0.837. The summed E-state index contributed by atoms with van der Waals surface area (Å²) in [6.07, 6.45) is 1.83. The Labute approximate surface area is 174 Å². The molecule has 0 atom stereocenters. The van der Waals surface area contributed by atoms with E-state index in [1.165, 1.54) is 11.8 Å². The van der Waals surface area contributed by atoms with Crippen LogP contribution in [0.25, 0.3) is 6.08 Å². The van der Waals surface area contributed by atoms with Crippen LogP contribution >= 0.6 is 24.0 Å². The lowest BCUT2D eigenvalue weighted by molar-refractivity contribution is -0.121. The summed E-state index contributed by atoms with van der Waals surface area (Å²) < 4.78 is 17.3. The molecule has 28 heavy (non-hydrogen) atoms. The fourth-order valence-corrected chi connectivity index (χ4v) is 4.00. The molecule has 2 aromatic rings. The molecular formula is C21H21NO4S2. The molecule has 2 aromatic carbocycles. The third-order valence-electron chi connectivity index (χ3n) is 4.06. The first-order valence-corrected chi connectivity index (χ1v) is 10.1. The molecule has 7 heteroatoms. The molecule has 0 aromatic heterocycles. The van der Waals surface area contributed by atoms with Gasteiger partial charge in [0.1, 0.15) is 34.8 Å². The topological polar surface area (TPSA) is 48.0 Å². The van der Waals surface area contributed by atoms with Crippen molar-refractivity contribution in [2.45, 2.75) is 6.92 Å². The molecular weight excluding hydrogens is 394 g/mol. The molecule has 0 aliphatic carbocycles. The maximum Gasteiger partial charge on any atom is 0.266 e. The molecule has 0 radical (unpaired) electrons. The highest BCUT2D eigenvalue weighted by atomic mass is 32.2. The van der Waals surface area contributed by atoms with Gasteiger partial charge in [0.15, 0.2) is 0 Å². The zero-order valence-corrected chi connectivity index (χ0v) is 17.3. The van der Waals surface area contributed by atoms with E-state index in [0.717, 1.165) is 17.1 Å². The molecule has 0 spiro atoms. The van der Waals surface area contributed by atoms with Crippen molar-refractivity contribution >= 4 is 40.3 Å². The second kappa shape index (κ2) is 9.61. The van der Waals surface area contributed by atoms with Crippen molar-refractivity contribution < 1.29 is 19.0 Å². The van der Waals surface area contributed by atoms with Gasteiger partial charge in [-0.15, -0.1) is 0 Å². The SMILES string of the molecule is CCN1C(=O)C(=Cc2ccccc2OCCOc2ccc(OC)cc2)SC1=S. The molecule has 0 N–H and O–H groups in total. The number of nitrogens with zero attached hydrogens (tertiary/aromatic N) is 1. The molecule has 1 aliphatic rings. The molecule has 3 rings (SSSR count). The first-order valence-electron chi connectivity index (χ1n) is 8.86. The standard InChI is InChI=1S/C21H21NO4S2/c1-3-22-20(23)19(28-21(22)27)14-15-6-4-5-7-18(15)26-13-12-25-17-10-8-16(24-2)9-11-17/h4-11,14H,3,12-13H2,1-2H3. The van der Waals surface area contributed by atoms with Crippen molar-refractivity contribution in [2.24, 2.45) is 0 Å². The summed E-state index contributed by atoms with van der Waals surface area (Å²) in [5, 5.41) is 0. The Balaban J connectivity index is 1.60. The molecule has 5 nitrogen and oxygen atoms in total. The number of carbonyl (C=O) groups excluding carboxylic acids is 1. The van der Waals surface area contributed by atoms with Crippen molar-refractivity contribution in [3.8, 4) is 17.2 Å². The number of para-hydroxylation sites is 1. The highest BCUT2D eigenvalue weighted by Crippen LogP contribution is 2.34. The normalized spacial score (nSPS) is 15.2. The van der Waals surface area contributed by atoms with Crippen LogP contribution in [0.15, 0.2) is 53.4 Å². The van der Waals surface area contributed by atoms with Crippen molar-refractivity contribution in [2.75, 3.05) is 26.9 Å². The first kappa shape index (κ1) is 20.2. The van der Waals surface area contributed by atoms with E-state index >= 15 is 0 Å². The Bertz CT molecular complexity index is 880. The average Bonchev–Trinajstić information content (AvgIpc) is 2.99. The van der Waals surface area contributed by atoms with Crippen LogP contribution in [0.2, 0.25) is 0 Å². The quantitative estimate of drug-likeness (QED) is 0.362. The Morgan fingerprint density at radius 1 is 1.04 bits per heavy atom. The number of likely N-dealkylation sites (N-methyl/N-ethyl adjacent to an activating group) is 1. The summed E-state index contributed by atoms with van der Waals surface area (Å²) in [6.45, 7) is 3.27. The lowest BCUT2D eigenvalue weighted by atomic mass is 10.2. The fourth-order valence-electron chi connectivity index (χ4n) is 2.63. The number of thiocarbonyl (C=S) groups is 1. The van der Waals surface area contributed by atoms with Crippen molar-refractivity contribution in [1.82, 2.24) is 4.90 Å². The third kappa shape index (κ3) is 4.85. The van der Waals surface area contributed by atoms with Crippen LogP contribution in [0.1, 0.15) is 12.5 Å². The predicted molar refractivity (Wildman–Crippen MR) is 116 cm³/mol. The summed E-state index contributed by atoms with van der Waals surface area (Å²) in [4.78, 5) is 14.6.